The number of hydrogen-bond donors (Lipinski definition) is 0. The second-order valence-corrected chi connectivity index (χ2v) is 16.5. The summed E-state index contributed by atoms with van der Waals surface area (Å²) < 4.78 is 26.1. The number of fused-ring (bicyclic) bond motifs is 1. The molecule has 2 fully saturated rings. The molecule has 0 bridgehead atoms. The van der Waals surface area contributed by atoms with Crippen LogP contribution in [-0.2, 0) is 22.6 Å². The number of hydrogen-bond acceptors (Lipinski definition) is 7. The fourth-order valence-electron chi connectivity index (χ4n) is 7.00. The Morgan fingerprint density at radius 2 is 1.39 bits per heavy atom. The summed E-state index contributed by atoms with van der Waals surface area (Å²) >= 11 is 6.10. The van der Waals surface area contributed by atoms with Crippen molar-refractivity contribution < 1.29 is 28.5 Å². The number of carbonyl (C=O) groups is 2. The summed E-state index contributed by atoms with van der Waals surface area (Å²) in [6.45, 7) is 16.1. The van der Waals surface area contributed by atoms with Crippen molar-refractivity contribution >= 4 is 34.8 Å². The average molecular weight is 725 g/mol. The largest absolute Gasteiger partial charge is 0.491 e. The minimum atomic E-state index is -0.500. The number of para-hydroxylation sites is 1. The number of aromatic nitrogens is 2. The zero-order chi connectivity index (χ0) is 36.6. The van der Waals surface area contributed by atoms with Crippen LogP contribution in [-0.4, -0.2) is 75.5 Å². The molecule has 3 aromatic rings. The average Bonchev–Trinajstić information content (AvgIpc) is 3.43. The Balaban J connectivity index is 1.21. The molecule has 11 heteroatoms. The van der Waals surface area contributed by atoms with E-state index in [1.54, 1.807) is 0 Å². The smallest absolute Gasteiger partial charge is 0.410 e. The molecule has 0 aliphatic carbocycles. The lowest BCUT2D eigenvalue weighted by Gasteiger charge is -2.34. The second-order valence-electron chi connectivity index (χ2n) is 16.0. The Morgan fingerprint density at radius 1 is 0.804 bits per heavy atom. The number of imidazole rings is 1. The molecule has 2 aromatic carbocycles. The van der Waals surface area contributed by atoms with Crippen LogP contribution in [0.2, 0.25) is 5.02 Å². The molecule has 0 radical (unpaired) electrons. The van der Waals surface area contributed by atoms with E-state index in [0.717, 1.165) is 112 Å². The Hall–Kier alpha value is -3.66. The van der Waals surface area contributed by atoms with Gasteiger partial charge in [0.05, 0.1) is 12.1 Å². The third-order valence-corrected chi connectivity index (χ3v) is 9.60. The summed E-state index contributed by atoms with van der Waals surface area (Å²) in [5.74, 6) is 3.18. The molecular weight excluding hydrogens is 668 g/mol. The van der Waals surface area contributed by atoms with E-state index in [-0.39, 0.29) is 12.2 Å². The highest BCUT2D eigenvalue weighted by Gasteiger charge is 2.29. The molecule has 0 N–H and O–H groups in total. The molecule has 10 nitrogen and oxygen atoms in total. The van der Waals surface area contributed by atoms with Gasteiger partial charge in [-0.2, -0.15) is 0 Å². The topological polar surface area (TPSA) is 95.4 Å². The number of aryl methyl sites for hydroxylation is 1. The van der Waals surface area contributed by atoms with E-state index in [0.29, 0.717) is 30.1 Å². The maximum Gasteiger partial charge on any atom is 0.410 e. The van der Waals surface area contributed by atoms with Crippen molar-refractivity contribution in [3.05, 3.63) is 53.3 Å². The Bertz CT molecular complexity index is 1600. The van der Waals surface area contributed by atoms with Gasteiger partial charge in [-0.3, -0.25) is 0 Å². The number of rotatable bonds is 12. The number of carbonyl (C=O) groups excluding carboxylic acids is 2. The molecule has 2 saturated heterocycles. The maximum atomic E-state index is 12.7. The van der Waals surface area contributed by atoms with Gasteiger partial charge < -0.3 is 33.3 Å². The minimum Gasteiger partial charge on any atom is -0.491 e. The van der Waals surface area contributed by atoms with Gasteiger partial charge in [0.15, 0.2) is 0 Å². The third kappa shape index (κ3) is 11.7. The third-order valence-electron chi connectivity index (χ3n) is 9.35. The van der Waals surface area contributed by atoms with Gasteiger partial charge in [-0.1, -0.05) is 17.7 Å². The van der Waals surface area contributed by atoms with Gasteiger partial charge in [-0.05, 0) is 141 Å². The van der Waals surface area contributed by atoms with Gasteiger partial charge in [0.1, 0.15) is 40.6 Å². The molecule has 2 aliphatic rings. The minimum absolute atomic E-state index is 0.219. The summed E-state index contributed by atoms with van der Waals surface area (Å²) in [6.07, 6.45) is 7.57. The van der Waals surface area contributed by atoms with Gasteiger partial charge in [-0.25, -0.2) is 14.6 Å². The predicted molar refractivity (Wildman–Crippen MR) is 201 cm³/mol. The van der Waals surface area contributed by atoms with Crippen molar-refractivity contribution in [2.45, 2.75) is 117 Å². The first-order chi connectivity index (χ1) is 24.2. The molecule has 2 aliphatic heterocycles. The van der Waals surface area contributed by atoms with Crippen molar-refractivity contribution in [3.8, 4) is 11.5 Å². The highest BCUT2D eigenvalue weighted by Crippen LogP contribution is 2.30. The maximum absolute atomic E-state index is 12.7. The SMILES string of the molecule is CC(C)(C)OC(=O)N1CCCC(CCCOc2cccc3c2nc(COc2ccc(Cl)cc2)n3CCC[C@@H]2CCCN(C(=O)OC(C)(C)C)C2)C1. The summed E-state index contributed by atoms with van der Waals surface area (Å²) in [5.41, 5.74) is 0.852. The Labute approximate surface area is 308 Å². The fraction of sp³-hybridized carbons (Fsp3) is 0.625. The van der Waals surface area contributed by atoms with Crippen molar-refractivity contribution in [1.82, 2.24) is 19.4 Å². The standard InChI is InChI=1S/C40H57ClN4O6/c1-39(2,3)50-37(46)43-22-8-12-29(26-43)14-10-24-45-33-16-7-17-34(36(33)42-35(45)28-49-32-20-18-31(41)19-21-32)48-25-11-15-30-13-9-23-44(27-30)38(47)51-40(4,5)6/h7,16-21,29-30H,8-15,22-28H2,1-6H3/t29-,30?/m0/s1. The molecule has 51 heavy (non-hydrogen) atoms. The van der Waals surface area contributed by atoms with Crippen molar-refractivity contribution in [1.29, 1.82) is 0 Å². The first-order valence-electron chi connectivity index (χ1n) is 18.7. The van der Waals surface area contributed by atoms with E-state index in [1.165, 1.54) is 0 Å². The number of likely N-dealkylation sites (tertiary alicyclic amines) is 2. The summed E-state index contributed by atoms with van der Waals surface area (Å²) in [4.78, 5) is 34.2. The number of amides is 2. The Kier molecular flexibility index (Phi) is 13.0. The molecule has 1 aromatic heterocycles. The Morgan fingerprint density at radius 3 is 1.98 bits per heavy atom. The van der Waals surface area contributed by atoms with E-state index >= 15 is 0 Å². The molecule has 0 spiro atoms. The molecule has 2 atom stereocenters. The normalized spacial score (nSPS) is 18.5. The van der Waals surface area contributed by atoms with Crippen molar-refractivity contribution in [3.63, 3.8) is 0 Å². The van der Waals surface area contributed by atoms with Crippen LogP contribution in [0.3, 0.4) is 0 Å². The molecule has 2 amide bonds. The lowest BCUT2D eigenvalue weighted by Crippen LogP contribution is -2.42. The fourth-order valence-corrected chi connectivity index (χ4v) is 7.13. The molecule has 280 valence electrons. The van der Waals surface area contributed by atoms with E-state index in [2.05, 4.69) is 10.6 Å². The van der Waals surface area contributed by atoms with Crippen LogP contribution in [0.25, 0.3) is 11.0 Å². The van der Waals surface area contributed by atoms with Gasteiger partial charge >= 0.3 is 12.2 Å². The van der Waals surface area contributed by atoms with E-state index in [4.69, 9.17) is 35.5 Å². The quantitative estimate of drug-likeness (QED) is 0.172. The van der Waals surface area contributed by atoms with Crippen LogP contribution in [0.1, 0.15) is 98.7 Å². The first-order valence-corrected chi connectivity index (χ1v) is 19.1. The highest BCUT2D eigenvalue weighted by molar-refractivity contribution is 6.30. The molecule has 1 unspecified atom stereocenters. The lowest BCUT2D eigenvalue weighted by molar-refractivity contribution is 0.0150. The molecule has 5 rings (SSSR count). The van der Waals surface area contributed by atoms with Gasteiger partial charge in [0.25, 0.3) is 0 Å². The van der Waals surface area contributed by atoms with Crippen LogP contribution in [0.15, 0.2) is 42.5 Å². The molecular formula is C40H57ClN4O6. The predicted octanol–water partition coefficient (Wildman–Crippen LogP) is 9.50. The summed E-state index contributed by atoms with van der Waals surface area (Å²) in [7, 11) is 0. The zero-order valence-electron chi connectivity index (χ0n) is 31.4. The van der Waals surface area contributed by atoms with Crippen LogP contribution >= 0.6 is 11.6 Å². The monoisotopic (exact) mass is 724 g/mol. The summed E-state index contributed by atoms with van der Waals surface area (Å²) in [6, 6.07) is 13.5. The zero-order valence-corrected chi connectivity index (χ0v) is 32.2. The lowest BCUT2D eigenvalue weighted by atomic mass is 9.93. The van der Waals surface area contributed by atoms with Crippen LogP contribution in [0.4, 0.5) is 9.59 Å². The molecule has 0 saturated carbocycles. The van der Waals surface area contributed by atoms with Gasteiger partial charge in [-0.15, -0.1) is 0 Å². The number of nitrogens with zero attached hydrogens (tertiary/aromatic N) is 4. The van der Waals surface area contributed by atoms with E-state index in [1.807, 2.05) is 87.7 Å². The number of ether oxygens (including phenoxy) is 4. The van der Waals surface area contributed by atoms with E-state index in [9.17, 15) is 9.59 Å². The highest BCUT2D eigenvalue weighted by atomic mass is 35.5. The van der Waals surface area contributed by atoms with Gasteiger partial charge in [0, 0.05) is 37.7 Å². The summed E-state index contributed by atoms with van der Waals surface area (Å²) in [5, 5.41) is 0.660. The van der Waals surface area contributed by atoms with Crippen LogP contribution in [0, 0.1) is 11.8 Å². The molecule has 3 heterocycles. The van der Waals surface area contributed by atoms with Crippen molar-refractivity contribution in [2.75, 3.05) is 32.8 Å². The van der Waals surface area contributed by atoms with Gasteiger partial charge in [0.2, 0.25) is 0 Å². The van der Waals surface area contributed by atoms with Crippen LogP contribution in [0.5, 0.6) is 11.5 Å². The number of piperidine rings is 2. The van der Waals surface area contributed by atoms with E-state index < -0.39 is 11.2 Å². The number of benzene rings is 2. The first kappa shape index (κ1) is 38.6. The second kappa shape index (κ2) is 17.2. The number of halogens is 1. The van der Waals surface area contributed by atoms with Crippen molar-refractivity contribution in [2.24, 2.45) is 11.8 Å². The van der Waals surface area contributed by atoms with Crippen LogP contribution < -0.4 is 9.47 Å².